The van der Waals surface area contributed by atoms with E-state index in [9.17, 15) is 9.59 Å². The number of ether oxygens (including phenoxy) is 1. The highest BCUT2D eigenvalue weighted by molar-refractivity contribution is 6.30. The Morgan fingerprint density at radius 3 is 2.12 bits per heavy atom. The largest absolute Gasteiger partial charge is 0.478 e. The Morgan fingerprint density at radius 1 is 0.929 bits per heavy atom. The normalized spacial score (nSPS) is 18.9. The number of hydrogen-bond donors (Lipinski definition) is 2. The van der Waals surface area contributed by atoms with Gasteiger partial charge in [0.05, 0.1) is 0 Å². The summed E-state index contributed by atoms with van der Waals surface area (Å²) in [4.78, 5) is 27.9. The van der Waals surface area contributed by atoms with Crippen LogP contribution >= 0.6 is 11.6 Å². The Labute approximate surface area is 255 Å². The van der Waals surface area contributed by atoms with Crippen LogP contribution in [0.1, 0.15) is 66.6 Å². The zero-order valence-corrected chi connectivity index (χ0v) is 26.3. The van der Waals surface area contributed by atoms with Gasteiger partial charge in [-0.3, -0.25) is 9.59 Å². The molecule has 2 N–H and O–H groups in total. The molecule has 0 radical (unpaired) electrons. The molecule has 3 aromatic carbocycles. The van der Waals surface area contributed by atoms with E-state index in [1.54, 1.807) is 24.3 Å². The van der Waals surface area contributed by atoms with E-state index in [2.05, 4.69) is 60.8 Å². The van der Waals surface area contributed by atoms with Crippen LogP contribution in [0.2, 0.25) is 5.02 Å². The van der Waals surface area contributed by atoms with E-state index < -0.39 is 5.60 Å². The first-order chi connectivity index (χ1) is 20.0. The predicted molar refractivity (Wildman–Crippen MR) is 170 cm³/mol. The summed E-state index contributed by atoms with van der Waals surface area (Å²) in [5, 5.41) is 6.79. The summed E-state index contributed by atoms with van der Waals surface area (Å²) >= 11 is 5.89. The molecule has 0 aliphatic heterocycles. The van der Waals surface area contributed by atoms with Gasteiger partial charge in [-0.2, -0.15) is 0 Å². The van der Waals surface area contributed by atoms with Crippen LogP contribution in [0.5, 0.6) is 5.75 Å². The lowest BCUT2D eigenvalue weighted by Gasteiger charge is -2.46. The fourth-order valence-corrected chi connectivity index (χ4v) is 5.74. The smallest absolute Gasteiger partial charge is 0.263 e. The quantitative estimate of drug-likeness (QED) is 0.272. The fraction of sp³-hybridized carbons (Fsp3) is 0.429. The Bertz CT molecular complexity index is 1330. The molecule has 0 bridgehead atoms. The number of carbonyl (C=O) groups excluding carboxylic acids is 2. The first-order valence-corrected chi connectivity index (χ1v) is 15.2. The summed E-state index contributed by atoms with van der Waals surface area (Å²) in [7, 11) is 4.35. The molecule has 7 heteroatoms. The highest BCUT2D eigenvalue weighted by Gasteiger charge is 2.39. The molecule has 42 heavy (non-hydrogen) atoms. The molecule has 1 saturated carbocycles. The molecule has 6 nitrogen and oxygen atoms in total. The second-order valence-corrected chi connectivity index (χ2v) is 12.7. The number of aryl methyl sites for hydroxylation is 1. The zero-order chi connectivity index (χ0) is 30.3. The topological polar surface area (TPSA) is 70.7 Å². The number of nitrogens with one attached hydrogen (secondary N) is 2. The lowest BCUT2D eigenvalue weighted by molar-refractivity contribution is -0.135. The highest BCUT2D eigenvalue weighted by Crippen LogP contribution is 2.36. The first-order valence-electron chi connectivity index (χ1n) is 14.8. The molecule has 0 aromatic heterocycles. The summed E-state index contributed by atoms with van der Waals surface area (Å²) in [6, 6.07) is 23.5. The van der Waals surface area contributed by atoms with E-state index in [1.165, 1.54) is 11.1 Å². The molecule has 0 heterocycles. The third-order valence-corrected chi connectivity index (χ3v) is 8.75. The zero-order valence-electron chi connectivity index (χ0n) is 25.5. The van der Waals surface area contributed by atoms with Crippen LogP contribution in [-0.4, -0.2) is 54.5 Å². The van der Waals surface area contributed by atoms with Crippen molar-refractivity contribution in [3.63, 3.8) is 0 Å². The maximum Gasteiger partial charge on any atom is 0.263 e. The molecule has 0 spiro atoms. The number of benzene rings is 3. The van der Waals surface area contributed by atoms with Crippen LogP contribution in [0.25, 0.3) is 0 Å². The van der Waals surface area contributed by atoms with Gasteiger partial charge in [-0.05, 0) is 121 Å². The molecule has 1 fully saturated rings. The van der Waals surface area contributed by atoms with Crippen LogP contribution in [0, 0.1) is 6.92 Å². The summed E-state index contributed by atoms with van der Waals surface area (Å²) in [6.07, 6.45) is 5.64. The molecule has 2 amide bonds. The number of rotatable bonds is 11. The number of carbonyl (C=O) groups is 2. The van der Waals surface area contributed by atoms with Crippen LogP contribution in [0.4, 0.5) is 0 Å². The molecule has 224 valence electrons. The number of halogens is 1. The fourth-order valence-electron chi connectivity index (χ4n) is 5.62. The first kappa shape index (κ1) is 31.6. The van der Waals surface area contributed by atoms with Crippen molar-refractivity contribution in [2.45, 2.75) is 76.5 Å². The molecule has 1 aliphatic carbocycles. The molecule has 1 aliphatic rings. The third kappa shape index (κ3) is 8.36. The van der Waals surface area contributed by atoms with Crippen molar-refractivity contribution < 1.29 is 14.3 Å². The van der Waals surface area contributed by atoms with Gasteiger partial charge < -0.3 is 20.3 Å². The van der Waals surface area contributed by atoms with Gasteiger partial charge in [0.15, 0.2) is 5.60 Å². The van der Waals surface area contributed by atoms with E-state index in [1.807, 2.05) is 38.1 Å². The lowest BCUT2D eigenvalue weighted by Crippen LogP contribution is -2.55. The molecule has 4 rings (SSSR count). The van der Waals surface area contributed by atoms with E-state index in [0.29, 0.717) is 29.3 Å². The maximum atomic E-state index is 13.3. The average molecular weight is 590 g/mol. The van der Waals surface area contributed by atoms with Gasteiger partial charge in [-0.1, -0.05) is 53.6 Å². The minimum absolute atomic E-state index is 0.0997. The number of amides is 2. The monoisotopic (exact) mass is 589 g/mol. The number of hydrogen-bond acceptors (Lipinski definition) is 4. The van der Waals surface area contributed by atoms with E-state index in [4.69, 9.17) is 16.3 Å². The van der Waals surface area contributed by atoms with Crippen molar-refractivity contribution in [1.82, 2.24) is 15.5 Å². The van der Waals surface area contributed by atoms with Gasteiger partial charge in [-0.25, -0.2) is 0 Å². The van der Waals surface area contributed by atoms with Gasteiger partial charge in [0.2, 0.25) is 0 Å². The van der Waals surface area contributed by atoms with Crippen LogP contribution in [0.3, 0.4) is 0 Å². The summed E-state index contributed by atoms with van der Waals surface area (Å²) in [5.41, 5.74) is 3.38. The third-order valence-electron chi connectivity index (χ3n) is 8.50. The van der Waals surface area contributed by atoms with E-state index in [0.717, 1.165) is 37.7 Å². The van der Waals surface area contributed by atoms with Gasteiger partial charge in [0, 0.05) is 28.7 Å². The van der Waals surface area contributed by atoms with Gasteiger partial charge in [0.1, 0.15) is 5.75 Å². The molecular weight excluding hydrogens is 546 g/mol. The van der Waals surface area contributed by atoms with Crippen molar-refractivity contribution >= 4 is 23.4 Å². The second-order valence-electron chi connectivity index (χ2n) is 12.3. The predicted octanol–water partition coefficient (Wildman–Crippen LogP) is 6.38. The van der Waals surface area contributed by atoms with Crippen molar-refractivity contribution in [2.24, 2.45) is 0 Å². The molecule has 0 saturated heterocycles. The number of likely N-dealkylation sites (N-methyl/N-ethyl adjacent to an activating group) is 1. The van der Waals surface area contributed by atoms with Crippen LogP contribution in [0.15, 0.2) is 72.8 Å². The van der Waals surface area contributed by atoms with Crippen molar-refractivity contribution in [2.75, 3.05) is 20.6 Å². The molecule has 3 aromatic rings. The van der Waals surface area contributed by atoms with Crippen molar-refractivity contribution in [3.8, 4) is 5.75 Å². The van der Waals surface area contributed by atoms with E-state index in [-0.39, 0.29) is 23.4 Å². The van der Waals surface area contributed by atoms with Gasteiger partial charge in [-0.15, -0.1) is 0 Å². The number of nitrogens with zero attached hydrogens (tertiary/aromatic N) is 1. The summed E-state index contributed by atoms with van der Waals surface area (Å²) in [5.74, 6) is 0.408. The molecular formula is C35H44ClN3O3. The van der Waals surface area contributed by atoms with Crippen molar-refractivity contribution in [1.29, 1.82) is 0 Å². The Hall–Kier alpha value is -3.35. The average Bonchev–Trinajstić information content (AvgIpc) is 2.96. The Morgan fingerprint density at radius 2 is 1.52 bits per heavy atom. The Kier molecular flexibility index (Phi) is 10.3. The van der Waals surface area contributed by atoms with Gasteiger partial charge in [0.25, 0.3) is 11.8 Å². The van der Waals surface area contributed by atoms with E-state index >= 15 is 0 Å². The van der Waals surface area contributed by atoms with Crippen molar-refractivity contribution in [3.05, 3.63) is 100 Å². The maximum absolute atomic E-state index is 13.3. The highest BCUT2D eigenvalue weighted by atomic mass is 35.5. The summed E-state index contributed by atoms with van der Waals surface area (Å²) in [6.45, 7) is 6.26. The minimum Gasteiger partial charge on any atom is -0.478 e. The van der Waals surface area contributed by atoms with Crippen LogP contribution < -0.4 is 15.4 Å². The summed E-state index contributed by atoms with van der Waals surface area (Å²) < 4.78 is 6.14. The minimum atomic E-state index is -1.01. The van der Waals surface area contributed by atoms with Crippen LogP contribution in [-0.2, 0) is 17.6 Å². The second kappa shape index (κ2) is 13.7. The molecule has 0 atom stereocenters. The SMILES string of the molecule is Cc1ccc(CC2(N(C)C)CCC(NC(=O)C(C)(C)Oc3ccc(CCNC(=O)c4ccc(Cl)cc4)cc3)CC2)cc1. The Balaban J connectivity index is 1.24. The van der Waals surface area contributed by atoms with Gasteiger partial charge >= 0.3 is 0 Å². The lowest BCUT2D eigenvalue weighted by atomic mass is 9.74. The molecule has 0 unspecified atom stereocenters. The standard InChI is InChI=1S/C35H44ClN3O3/c1-25-6-8-27(9-7-25)24-35(39(4)5)21-18-30(19-22-35)38-33(41)34(2,3)42-31-16-10-26(11-17-31)20-23-37-32(40)28-12-14-29(36)15-13-28/h6-17,30H,18-24H2,1-5H3,(H,37,40)(H,38,41).